The van der Waals surface area contributed by atoms with Gasteiger partial charge in [-0.3, -0.25) is 0 Å². The lowest BCUT2D eigenvalue weighted by Gasteiger charge is -2.05. The molecule has 0 aliphatic heterocycles. The van der Waals surface area contributed by atoms with Crippen LogP contribution in [0.15, 0.2) is 47.2 Å². The van der Waals surface area contributed by atoms with Crippen molar-refractivity contribution in [1.29, 1.82) is 0 Å². The third kappa shape index (κ3) is 6.54. The molecule has 2 rings (SSSR count). The molecular weight excluding hydrogens is 416 g/mol. The number of nitrogens with two attached hydrogens (primary N) is 2. The zero-order chi connectivity index (χ0) is 21.7. The van der Waals surface area contributed by atoms with Gasteiger partial charge >= 0.3 is 0 Å². The Morgan fingerprint density at radius 1 is 0.759 bits per heavy atom. The van der Waals surface area contributed by atoms with Gasteiger partial charge < -0.3 is 20.9 Å². The molecule has 0 aliphatic carbocycles. The van der Waals surface area contributed by atoms with Crippen LogP contribution in [0.2, 0.25) is 0 Å². The fraction of sp³-hybridized carbons (Fsp3) is 0.158. The molecule has 4 N–H and O–H groups in total. The lowest BCUT2D eigenvalue weighted by Crippen LogP contribution is -2.11. The number of hydrogen-bond donors (Lipinski definition) is 2. The van der Waals surface area contributed by atoms with Crippen molar-refractivity contribution in [2.45, 2.75) is 0 Å². The predicted octanol–water partition coefficient (Wildman–Crippen LogP) is 2.30. The van der Waals surface area contributed by atoms with Crippen molar-refractivity contribution in [3.05, 3.63) is 58.3 Å². The Bertz CT molecular complexity index is 1060. The van der Waals surface area contributed by atoms with E-state index in [9.17, 15) is 16.8 Å². The number of ether oxygens (including phenoxy) is 2. The van der Waals surface area contributed by atoms with Gasteiger partial charge in [-0.05, 0) is 47.5 Å². The number of benzene rings is 2. The van der Waals surface area contributed by atoms with Gasteiger partial charge in [-0.2, -0.15) is 0 Å². The van der Waals surface area contributed by atoms with Crippen molar-refractivity contribution in [2.75, 3.05) is 30.8 Å². The second-order valence-electron chi connectivity index (χ2n) is 6.05. The molecule has 0 amide bonds. The quantitative estimate of drug-likeness (QED) is 0.599. The first-order valence-electron chi connectivity index (χ1n) is 8.24. The van der Waals surface area contributed by atoms with Crippen molar-refractivity contribution < 1.29 is 26.3 Å². The van der Waals surface area contributed by atoms with E-state index in [0.29, 0.717) is 34.0 Å². The van der Waals surface area contributed by atoms with E-state index < -0.39 is 24.8 Å². The first kappa shape index (κ1) is 22.3. The number of rotatable bonds is 8. The Morgan fingerprint density at radius 3 is 1.45 bits per heavy atom. The summed E-state index contributed by atoms with van der Waals surface area (Å²) in [4.78, 5) is 0. The maximum absolute atomic E-state index is 12.2. The highest BCUT2D eigenvalue weighted by molar-refractivity contribution is 8.10. The summed E-state index contributed by atoms with van der Waals surface area (Å²) < 4.78 is 58.8. The van der Waals surface area contributed by atoms with Crippen LogP contribution < -0.4 is 20.9 Å². The Balaban J connectivity index is 2.13. The molecule has 0 atom stereocenters. The molecule has 0 spiro atoms. The van der Waals surface area contributed by atoms with E-state index in [4.69, 9.17) is 20.9 Å². The largest absolute Gasteiger partial charge is 0.495 e. The van der Waals surface area contributed by atoms with E-state index in [0.717, 1.165) is 10.8 Å². The number of nitrogen functional groups attached to an aromatic ring is 2. The van der Waals surface area contributed by atoms with Gasteiger partial charge in [-0.15, -0.1) is 0 Å². The number of methoxy groups -OCH3 is 2. The van der Waals surface area contributed by atoms with E-state index >= 15 is 0 Å². The number of hydrogen-bond acceptors (Lipinski definition) is 8. The summed E-state index contributed by atoms with van der Waals surface area (Å²) in [6.07, 6.45) is 2.54. The van der Waals surface area contributed by atoms with Crippen LogP contribution in [-0.2, 0) is 19.7 Å². The third-order valence-corrected chi connectivity index (χ3v) is 7.50. The minimum atomic E-state index is -4.03. The van der Waals surface area contributed by atoms with Crippen LogP contribution in [0.5, 0.6) is 11.5 Å². The van der Waals surface area contributed by atoms with E-state index in [1.54, 1.807) is 24.3 Å². The summed E-state index contributed by atoms with van der Waals surface area (Å²) in [5.41, 5.74) is 13.2. The maximum Gasteiger partial charge on any atom is 0.186 e. The fourth-order valence-corrected chi connectivity index (χ4v) is 5.57. The van der Waals surface area contributed by atoms with Crippen LogP contribution in [-0.4, -0.2) is 36.1 Å². The van der Waals surface area contributed by atoms with Gasteiger partial charge in [-0.1, -0.05) is 12.1 Å². The van der Waals surface area contributed by atoms with Crippen molar-refractivity contribution in [3.63, 3.8) is 0 Å². The molecule has 8 nitrogen and oxygen atoms in total. The maximum atomic E-state index is 12.2. The minimum Gasteiger partial charge on any atom is -0.495 e. The SMILES string of the molecule is COc1ccc(C=CS(=O)(=O)CS(=O)(=O)/C=C/c2ccc(OC)c(N)c2)cc1N. The van der Waals surface area contributed by atoms with Crippen LogP contribution >= 0.6 is 0 Å². The van der Waals surface area contributed by atoms with Crippen molar-refractivity contribution >= 4 is 43.2 Å². The molecule has 2 aromatic rings. The highest BCUT2D eigenvalue weighted by Crippen LogP contribution is 2.24. The fourth-order valence-electron chi connectivity index (χ4n) is 2.38. The third-order valence-electron chi connectivity index (χ3n) is 3.77. The van der Waals surface area contributed by atoms with E-state index in [1.165, 1.54) is 38.5 Å². The Labute approximate surface area is 170 Å². The van der Waals surface area contributed by atoms with Gasteiger partial charge in [0, 0.05) is 10.8 Å². The minimum absolute atomic E-state index is 0.335. The van der Waals surface area contributed by atoms with E-state index in [-0.39, 0.29) is 0 Å². The highest BCUT2D eigenvalue weighted by atomic mass is 32.3. The molecule has 0 aliphatic rings. The summed E-state index contributed by atoms with van der Waals surface area (Å²) in [5.74, 6) is 0.911. The molecule has 0 saturated carbocycles. The van der Waals surface area contributed by atoms with Crippen molar-refractivity contribution in [3.8, 4) is 11.5 Å². The molecule has 29 heavy (non-hydrogen) atoms. The molecule has 0 heterocycles. The topological polar surface area (TPSA) is 139 Å². The normalized spacial score (nSPS) is 12.5. The van der Waals surface area contributed by atoms with E-state index in [2.05, 4.69) is 0 Å². The molecule has 2 aromatic carbocycles. The lowest BCUT2D eigenvalue weighted by molar-refractivity contribution is 0.417. The summed E-state index contributed by atoms with van der Waals surface area (Å²) in [6, 6.07) is 9.41. The van der Waals surface area contributed by atoms with Gasteiger partial charge in [-0.25, -0.2) is 16.8 Å². The Kier molecular flexibility index (Phi) is 6.93. The standard InChI is InChI=1S/C19H22N2O6S2/c1-26-18-5-3-14(11-16(18)20)7-9-28(22,23)13-29(24,25)10-8-15-4-6-19(27-2)17(21)12-15/h3-12H,13,20-21H2,1-2H3/b9-7+,10-8?. The average molecular weight is 439 g/mol. The van der Waals surface area contributed by atoms with Gasteiger partial charge in [0.25, 0.3) is 0 Å². The van der Waals surface area contributed by atoms with Gasteiger partial charge in [0.05, 0.1) is 25.6 Å². The zero-order valence-electron chi connectivity index (χ0n) is 15.9. The van der Waals surface area contributed by atoms with Crippen LogP contribution in [0.1, 0.15) is 11.1 Å². The van der Waals surface area contributed by atoms with Gasteiger partial charge in [0.15, 0.2) is 24.8 Å². The van der Waals surface area contributed by atoms with Crippen LogP contribution in [0.3, 0.4) is 0 Å². The van der Waals surface area contributed by atoms with Crippen LogP contribution in [0, 0.1) is 0 Å². The Morgan fingerprint density at radius 2 is 1.14 bits per heavy atom. The van der Waals surface area contributed by atoms with Gasteiger partial charge in [0.2, 0.25) is 0 Å². The number of sulfone groups is 2. The summed E-state index contributed by atoms with van der Waals surface area (Å²) in [7, 11) is -5.13. The lowest BCUT2D eigenvalue weighted by atomic mass is 10.2. The van der Waals surface area contributed by atoms with Gasteiger partial charge in [0.1, 0.15) is 11.5 Å². The van der Waals surface area contributed by atoms with Crippen molar-refractivity contribution in [1.82, 2.24) is 0 Å². The van der Waals surface area contributed by atoms with Crippen molar-refractivity contribution in [2.24, 2.45) is 0 Å². The summed E-state index contributed by atoms with van der Waals surface area (Å²) >= 11 is 0. The highest BCUT2D eigenvalue weighted by Gasteiger charge is 2.17. The first-order valence-corrected chi connectivity index (χ1v) is 11.7. The average Bonchev–Trinajstić information content (AvgIpc) is 2.64. The monoisotopic (exact) mass is 438 g/mol. The number of anilines is 2. The Hall–Kier alpha value is -2.98. The van der Waals surface area contributed by atoms with E-state index in [1.807, 2.05) is 0 Å². The molecule has 0 radical (unpaired) electrons. The predicted molar refractivity (Wildman–Crippen MR) is 116 cm³/mol. The molecular formula is C19H22N2O6S2. The molecule has 0 bridgehead atoms. The molecule has 0 aromatic heterocycles. The second-order valence-corrected chi connectivity index (χ2v) is 10.2. The molecule has 0 saturated heterocycles. The van der Waals surface area contributed by atoms with Crippen LogP contribution in [0.25, 0.3) is 12.2 Å². The zero-order valence-corrected chi connectivity index (χ0v) is 17.5. The summed E-state index contributed by atoms with van der Waals surface area (Å²) in [5, 5.41) is 0.611. The molecule has 0 fully saturated rings. The molecule has 10 heteroatoms. The molecule has 156 valence electrons. The van der Waals surface area contributed by atoms with Crippen LogP contribution in [0.4, 0.5) is 11.4 Å². The second kappa shape index (κ2) is 9.01. The molecule has 0 unspecified atom stereocenters. The smallest absolute Gasteiger partial charge is 0.186 e. The first-order chi connectivity index (χ1) is 13.5. The summed E-state index contributed by atoms with van der Waals surface area (Å²) in [6.45, 7) is 0.